The third-order valence-corrected chi connectivity index (χ3v) is 6.14. The Labute approximate surface area is 185 Å². The van der Waals surface area contributed by atoms with Gasteiger partial charge in [-0.05, 0) is 37.0 Å². The third kappa shape index (κ3) is 5.57. The van der Waals surface area contributed by atoms with Crippen LogP contribution in [-0.4, -0.2) is 50.1 Å². The molecule has 1 aliphatic rings. The molecule has 0 unspecified atom stereocenters. The van der Waals surface area contributed by atoms with Crippen LogP contribution in [0.15, 0.2) is 54.6 Å². The summed E-state index contributed by atoms with van der Waals surface area (Å²) in [5.41, 5.74) is 1.52. The molecule has 166 valence electrons. The number of nitrogens with one attached hydrogen (secondary N) is 2. The summed E-state index contributed by atoms with van der Waals surface area (Å²) in [7, 11) is 1.57. The van der Waals surface area contributed by atoms with Crippen molar-refractivity contribution in [3.8, 4) is 5.75 Å². The predicted molar refractivity (Wildman–Crippen MR) is 123 cm³/mol. The number of carbonyl (C=O) groups excluding carboxylic acids is 2. The molecule has 0 atom stereocenters. The Kier molecular flexibility index (Phi) is 7.93. The van der Waals surface area contributed by atoms with Crippen LogP contribution in [-0.2, 0) is 5.41 Å². The maximum atomic E-state index is 12.9. The van der Waals surface area contributed by atoms with Gasteiger partial charge in [0.15, 0.2) is 0 Å². The third-order valence-electron chi connectivity index (χ3n) is 6.14. The van der Waals surface area contributed by atoms with Crippen LogP contribution in [0, 0.1) is 0 Å². The predicted octanol–water partition coefficient (Wildman–Crippen LogP) is 3.97. The van der Waals surface area contributed by atoms with Gasteiger partial charge in [-0.15, -0.1) is 0 Å². The van der Waals surface area contributed by atoms with Crippen molar-refractivity contribution in [1.82, 2.24) is 15.5 Å². The number of amides is 3. The van der Waals surface area contributed by atoms with E-state index < -0.39 is 0 Å². The summed E-state index contributed by atoms with van der Waals surface area (Å²) in [5.74, 6) is 0.417. The van der Waals surface area contributed by atoms with Crippen molar-refractivity contribution in [2.75, 3.05) is 33.3 Å². The van der Waals surface area contributed by atoms with E-state index in [1.54, 1.807) is 19.2 Å². The van der Waals surface area contributed by atoms with Gasteiger partial charge in [0.1, 0.15) is 5.75 Å². The van der Waals surface area contributed by atoms with Gasteiger partial charge < -0.3 is 20.3 Å². The highest BCUT2D eigenvalue weighted by atomic mass is 16.5. The summed E-state index contributed by atoms with van der Waals surface area (Å²) in [6.45, 7) is 4.67. The quantitative estimate of drug-likeness (QED) is 0.631. The lowest BCUT2D eigenvalue weighted by atomic mass is 9.72. The van der Waals surface area contributed by atoms with Crippen molar-refractivity contribution < 1.29 is 14.3 Å². The molecular weight excluding hydrogens is 390 g/mol. The van der Waals surface area contributed by atoms with Crippen LogP contribution in [0.1, 0.15) is 48.5 Å². The Morgan fingerprint density at radius 2 is 1.68 bits per heavy atom. The zero-order chi connectivity index (χ0) is 22.1. The molecule has 31 heavy (non-hydrogen) atoms. The molecule has 3 amide bonds. The van der Waals surface area contributed by atoms with E-state index in [4.69, 9.17) is 4.74 Å². The number of benzene rings is 2. The van der Waals surface area contributed by atoms with E-state index in [-0.39, 0.29) is 17.4 Å². The number of rotatable bonds is 8. The normalized spacial score (nSPS) is 15.2. The molecule has 0 aromatic heterocycles. The fourth-order valence-electron chi connectivity index (χ4n) is 4.16. The lowest BCUT2D eigenvalue weighted by molar-refractivity contribution is 0.0923. The van der Waals surface area contributed by atoms with E-state index in [9.17, 15) is 9.59 Å². The van der Waals surface area contributed by atoms with E-state index in [1.807, 2.05) is 35.2 Å². The van der Waals surface area contributed by atoms with Gasteiger partial charge in [0, 0.05) is 31.6 Å². The van der Waals surface area contributed by atoms with Gasteiger partial charge in [-0.1, -0.05) is 55.8 Å². The van der Waals surface area contributed by atoms with E-state index in [2.05, 4.69) is 29.7 Å². The monoisotopic (exact) mass is 423 g/mol. The van der Waals surface area contributed by atoms with Gasteiger partial charge in [0.25, 0.3) is 5.91 Å². The lowest BCUT2D eigenvalue weighted by Gasteiger charge is -2.42. The Balaban J connectivity index is 1.70. The molecule has 1 heterocycles. The molecule has 2 aromatic carbocycles. The fraction of sp³-hybridized carbons (Fsp3) is 0.440. The molecule has 2 N–H and O–H groups in total. The highest BCUT2D eigenvalue weighted by Gasteiger charge is 2.37. The Morgan fingerprint density at radius 3 is 2.35 bits per heavy atom. The maximum absolute atomic E-state index is 12.9. The van der Waals surface area contributed by atoms with Gasteiger partial charge in [-0.2, -0.15) is 0 Å². The fourth-order valence-corrected chi connectivity index (χ4v) is 4.16. The second kappa shape index (κ2) is 10.8. The number of carbonyl (C=O) groups is 2. The minimum absolute atomic E-state index is 0.00756. The first-order valence-electron chi connectivity index (χ1n) is 11.1. The average molecular weight is 424 g/mol. The van der Waals surface area contributed by atoms with Crippen LogP contribution in [0.5, 0.6) is 5.75 Å². The minimum Gasteiger partial charge on any atom is -0.496 e. The summed E-state index contributed by atoms with van der Waals surface area (Å²) in [4.78, 5) is 27.3. The molecule has 6 nitrogen and oxygen atoms in total. The van der Waals surface area contributed by atoms with Gasteiger partial charge in [-0.3, -0.25) is 4.79 Å². The summed E-state index contributed by atoms with van der Waals surface area (Å²) in [6.07, 6.45) is 3.64. The van der Waals surface area contributed by atoms with Gasteiger partial charge in [0.05, 0.1) is 12.7 Å². The molecule has 3 rings (SSSR count). The maximum Gasteiger partial charge on any atom is 0.317 e. The van der Waals surface area contributed by atoms with Gasteiger partial charge in [-0.25, -0.2) is 4.79 Å². The number of methoxy groups -OCH3 is 1. The zero-order valence-corrected chi connectivity index (χ0v) is 18.5. The molecule has 0 spiro atoms. The second-order valence-electron chi connectivity index (χ2n) is 8.10. The molecule has 1 fully saturated rings. The first-order valence-corrected chi connectivity index (χ1v) is 11.1. The van der Waals surface area contributed by atoms with Crippen molar-refractivity contribution in [2.45, 2.75) is 38.0 Å². The molecule has 1 saturated heterocycles. The molecule has 0 bridgehead atoms. The topological polar surface area (TPSA) is 70.7 Å². The SMILES string of the molecule is CCCCNC(=O)N1CCC(CNC(=O)c2ccccc2OC)(c2ccccc2)CC1. The zero-order valence-electron chi connectivity index (χ0n) is 18.5. The van der Waals surface area contributed by atoms with Crippen molar-refractivity contribution in [2.24, 2.45) is 0 Å². The Morgan fingerprint density at radius 1 is 1.00 bits per heavy atom. The Bertz CT molecular complexity index is 861. The number of ether oxygens (including phenoxy) is 1. The summed E-state index contributed by atoms with van der Waals surface area (Å²) in [6, 6.07) is 17.5. The number of unbranched alkanes of at least 4 members (excludes halogenated alkanes) is 1. The van der Waals surface area contributed by atoms with Crippen LogP contribution >= 0.6 is 0 Å². The molecule has 0 radical (unpaired) electrons. The number of likely N-dealkylation sites (tertiary alicyclic amines) is 1. The van der Waals surface area contributed by atoms with Crippen LogP contribution in [0.3, 0.4) is 0 Å². The van der Waals surface area contributed by atoms with Gasteiger partial charge in [0.2, 0.25) is 0 Å². The number of hydrogen-bond donors (Lipinski definition) is 2. The lowest BCUT2D eigenvalue weighted by Crippen LogP contribution is -2.52. The second-order valence-corrected chi connectivity index (χ2v) is 8.10. The van der Waals surface area contributed by atoms with E-state index in [1.165, 1.54) is 5.56 Å². The number of urea groups is 1. The molecule has 0 aliphatic carbocycles. The molecule has 0 saturated carbocycles. The van der Waals surface area contributed by atoms with Crippen LogP contribution in [0.4, 0.5) is 4.79 Å². The van der Waals surface area contributed by atoms with E-state index in [0.29, 0.717) is 37.5 Å². The smallest absolute Gasteiger partial charge is 0.317 e. The van der Waals surface area contributed by atoms with Crippen LogP contribution in [0.2, 0.25) is 0 Å². The standard InChI is InChI=1S/C25H33N3O3/c1-3-4-16-26-24(30)28-17-14-25(15-18-28,20-10-6-5-7-11-20)19-27-23(29)21-12-8-9-13-22(21)31-2/h5-13H,3-4,14-19H2,1-2H3,(H,26,30)(H,27,29). The van der Waals surface area contributed by atoms with Crippen molar-refractivity contribution in [3.05, 3.63) is 65.7 Å². The average Bonchev–Trinajstić information content (AvgIpc) is 2.83. The highest BCUT2D eigenvalue weighted by Crippen LogP contribution is 2.35. The number of piperidine rings is 1. The van der Waals surface area contributed by atoms with Gasteiger partial charge >= 0.3 is 6.03 Å². The van der Waals surface area contributed by atoms with Crippen molar-refractivity contribution >= 4 is 11.9 Å². The number of hydrogen-bond acceptors (Lipinski definition) is 3. The van der Waals surface area contributed by atoms with E-state index in [0.717, 1.165) is 25.7 Å². The first-order chi connectivity index (χ1) is 15.1. The molecule has 1 aliphatic heterocycles. The Hall–Kier alpha value is -3.02. The summed E-state index contributed by atoms with van der Waals surface area (Å²) in [5, 5.41) is 6.14. The molecule has 6 heteroatoms. The number of nitrogens with zero attached hydrogens (tertiary/aromatic N) is 1. The highest BCUT2D eigenvalue weighted by molar-refractivity contribution is 5.97. The van der Waals surface area contributed by atoms with Crippen molar-refractivity contribution in [1.29, 1.82) is 0 Å². The van der Waals surface area contributed by atoms with Crippen molar-refractivity contribution in [3.63, 3.8) is 0 Å². The number of para-hydroxylation sites is 1. The molecular formula is C25H33N3O3. The summed E-state index contributed by atoms with van der Waals surface area (Å²) < 4.78 is 5.34. The largest absolute Gasteiger partial charge is 0.496 e. The summed E-state index contributed by atoms with van der Waals surface area (Å²) >= 11 is 0. The first kappa shape index (κ1) is 22.7. The van der Waals surface area contributed by atoms with E-state index >= 15 is 0 Å². The van der Waals surface area contributed by atoms with Crippen LogP contribution < -0.4 is 15.4 Å². The van der Waals surface area contributed by atoms with Crippen LogP contribution in [0.25, 0.3) is 0 Å². The minimum atomic E-state index is -0.209. The molecule has 2 aromatic rings.